The molecular weight excluding hydrogens is 383 g/mol. The number of halogens is 3. The first-order valence-corrected chi connectivity index (χ1v) is 8.43. The summed E-state index contributed by atoms with van der Waals surface area (Å²) >= 11 is 8.96. The van der Waals surface area contributed by atoms with Gasteiger partial charge in [0.1, 0.15) is 5.82 Å². The van der Waals surface area contributed by atoms with Crippen LogP contribution in [0.4, 0.5) is 10.1 Å². The summed E-state index contributed by atoms with van der Waals surface area (Å²) in [6.07, 6.45) is 0. The highest BCUT2D eigenvalue weighted by molar-refractivity contribution is 9.10. The molecule has 0 amide bonds. The average molecular weight is 394 g/mol. The summed E-state index contributed by atoms with van der Waals surface area (Å²) in [6.45, 7) is 0.0292. The van der Waals surface area contributed by atoms with Crippen molar-refractivity contribution in [2.75, 3.05) is 5.73 Å². The Morgan fingerprint density at radius 1 is 1.24 bits per heavy atom. The maximum Gasteiger partial charge on any atom is 0.242 e. The van der Waals surface area contributed by atoms with Crippen LogP contribution in [-0.2, 0) is 16.6 Å². The van der Waals surface area contributed by atoms with Gasteiger partial charge in [0.25, 0.3) is 0 Å². The molecular formula is C13H11BrClFN2O2S. The Hall–Kier alpha value is -1.15. The normalized spacial score (nSPS) is 11.6. The molecule has 3 N–H and O–H groups in total. The minimum Gasteiger partial charge on any atom is -0.398 e. The minimum atomic E-state index is -3.80. The van der Waals surface area contributed by atoms with E-state index in [0.29, 0.717) is 5.56 Å². The molecule has 2 aromatic rings. The van der Waals surface area contributed by atoms with Gasteiger partial charge in [-0.1, -0.05) is 23.7 Å². The van der Waals surface area contributed by atoms with Gasteiger partial charge < -0.3 is 5.73 Å². The third-order valence-electron chi connectivity index (χ3n) is 2.70. The van der Waals surface area contributed by atoms with E-state index in [9.17, 15) is 12.8 Å². The molecule has 0 fully saturated rings. The number of nitrogens with two attached hydrogens (primary N) is 1. The highest BCUT2D eigenvalue weighted by Crippen LogP contribution is 2.31. The van der Waals surface area contributed by atoms with Crippen LogP contribution in [0.15, 0.2) is 45.8 Å². The van der Waals surface area contributed by atoms with E-state index in [1.165, 1.54) is 36.4 Å². The van der Waals surface area contributed by atoms with Crippen LogP contribution in [0.25, 0.3) is 0 Å². The second-order valence-corrected chi connectivity index (χ2v) is 7.22. The predicted molar refractivity (Wildman–Crippen MR) is 84.0 cm³/mol. The van der Waals surface area contributed by atoms with Gasteiger partial charge in [0.05, 0.1) is 9.37 Å². The fraction of sp³-hybridized carbons (Fsp3) is 0.0769. The van der Waals surface area contributed by atoms with E-state index in [2.05, 4.69) is 20.7 Å². The van der Waals surface area contributed by atoms with Crippen LogP contribution < -0.4 is 10.5 Å². The lowest BCUT2D eigenvalue weighted by atomic mass is 10.2. The number of hydrogen-bond donors (Lipinski definition) is 2. The zero-order valence-electron chi connectivity index (χ0n) is 10.6. The Morgan fingerprint density at radius 2 is 1.86 bits per heavy atom. The number of nitrogens with one attached hydrogen (secondary N) is 1. The fourth-order valence-electron chi connectivity index (χ4n) is 1.64. The predicted octanol–water partition coefficient (Wildman–Crippen LogP) is 3.30. The summed E-state index contributed by atoms with van der Waals surface area (Å²) in [5.41, 5.74) is 6.53. The van der Waals surface area contributed by atoms with Crippen molar-refractivity contribution in [2.45, 2.75) is 11.4 Å². The first-order chi connectivity index (χ1) is 9.79. The van der Waals surface area contributed by atoms with Gasteiger partial charge in [-0.15, -0.1) is 0 Å². The summed E-state index contributed by atoms with van der Waals surface area (Å²) in [6, 6.07) is 8.27. The lowest BCUT2D eigenvalue weighted by molar-refractivity contribution is 0.580. The Labute approximate surface area is 135 Å². The Bertz CT molecular complexity index is 766. The molecule has 21 heavy (non-hydrogen) atoms. The van der Waals surface area contributed by atoms with E-state index in [4.69, 9.17) is 17.3 Å². The zero-order chi connectivity index (χ0) is 15.6. The van der Waals surface area contributed by atoms with Crippen molar-refractivity contribution in [1.29, 1.82) is 0 Å². The van der Waals surface area contributed by atoms with Crippen LogP contribution in [0.5, 0.6) is 0 Å². The van der Waals surface area contributed by atoms with Crippen LogP contribution in [0.1, 0.15) is 5.56 Å². The Balaban J connectivity index is 2.25. The molecule has 0 aliphatic heterocycles. The summed E-state index contributed by atoms with van der Waals surface area (Å²) in [4.78, 5) is -0.0467. The summed E-state index contributed by atoms with van der Waals surface area (Å²) < 4.78 is 40.0. The van der Waals surface area contributed by atoms with Gasteiger partial charge >= 0.3 is 0 Å². The van der Waals surface area contributed by atoms with Crippen molar-refractivity contribution in [3.8, 4) is 0 Å². The SMILES string of the molecule is Nc1cc(Cl)cc(S(=O)(=O)NCc2ccc(F)cc2)c1Br. The maximum atomic E-state index is 12.8. The lowest BCUT2D eigenvalue weighted by Gasteiger charge is -2.10. The van der Waals surface area contributed by atoms with Gasteiger partial charge in [-0.3, -0.25) is 0 Å². The molecule has 0 heterocycles. The van der Waals surface area contributed by atoms with Crippen molar-refractivity contribution in [3.05, 3.63) is 57.3 Å². The number of sulfonamides is 1. The van der Waals surface area contributed by atoms with E-state index in [1.54, 1.807) is 0 Å². The highest BCUT2D eigenvalue weighted by Gasteiger charge is 2.20. The van der Waals surface area contributed by atoms with E-state index >= 15 is 0 Å². The molecule has 4 nitrogen and oxygen atoms in total. The number of benzene rings is 2. The summed E-state index contributed by atoms with van der Waals surface area (Å²) in [5.74, 6) is -0.382. The number of rotatable bonds is 4. The van der Waals surface area contributed by atoms with Crippen molar-refractivity contribution < 1.29 is 12.8 Å². The quantitative estimate of drug-likeness (QED) is 0.783. The second kappa shape index (κ2) is 6.31. The van der Waals surface area contributed by atoms with E-state index in [0.717, 1.165) is 0 Å². The standard InChI is InChI=1S/C13H11BrClFN2O2S/c14-13-11(17)5-9(15)6-12(13)21(19,20)18-7-8-1-3-10(16)4-2-8/h1-6,18H,7,17H2. The molecule has 0 spiro atoms. The summed E-state index contributed by atoms with van der Waals surface area (Å²) in [7, 11) is -3.80. The molecule has 0 aliphatic rings. The third-order valence-corrected chi connectivity index (χ3v) is 5.49. The maximum absolute atomic E-state index is 12.8. The van der Waals surface area contributed by atoms with Crippen LogP contribution in [0.3, 0.4) is 0 Å². The van der Waals surface area contributed by atoms with E-state index < -0.39 is 10.0 Å². The first kappa shape index (κ1) is 16.2. The van der Waals surface area contributed by atoms with Gasteiger partial charge in [-0.2, -0.15) is 0 Å². The summed E-state index contributed by atoms with van der Waals surface area (Å²) in [5, 5.41) is 0.220. The largest absolute Gasteiger partial charge is 0.398 e. The number of hydrogen-bond acceptors (Lipinski definition) is 3. The van der Waals surface area contributed by atoms with Crippen LogP contribution in [-0.4, -0.2) is 8.42 Å². The van der Waals surface area contributed by atoms with Crippen LogP contribution in [0, 0.1) is 5.82 Å². The first-order valence-electron chi connectivity index (χ1n) is 5.78. The molecule has 0 unspecified atom stereocenters. The topological polar surface area (TPSA) is 72.2 Å². The molecule has 0 saturated heterocycles. The molecule has 0 saturated carbocycles. The van der Waals surface area contributed by atoms with Gasteiger partial charge in [0.2, 0.25) is 10.0 Å². The molecule has 0 radical (unpaired) electrons. The molecule has 2 rings (SSSR count). The average Bonchev–Trinajstić information content (AvgIpc) is 2.42. The van der Waals surface area contributed by atoms with Crippen molar-refractivity contribution in [1.82, 2.24) is 4.72 Å². The van der Waals surface area contributed by atoms with Gasteiger partial charge in [-0.25, -0.2) is 17.5 Å². The fourth-order valence-corrected chi connectivity index (χ4v) is 3.95. The van der Waals surface area contributed by atoms with Crippen LogP contribution in [0.2, 0.25) is 5.02 Å². The van der Waals surface area contributed by atoms with Gasteiger partial charge in [-0.05, 0) is 45.8 Å². The zero-order valence-corrected chi connectivity index (χ0v) is 13.8. The highest BCUT2D eigenvalue weighted by atomic mass is 79.9. The van der Waals surface area contributed by atoms with Crippen molar-refractivity contribution in [3.63, 3.8) is 0 Å². The molecule has 2 aromatic carbocycles. The van der Waals surface area contributed by atoms with Gasteiger partial charge in [0.15, 0.2) is 0 Å². The molecule has 0 aromatic heterocycles. The molecule has 0 atom stereocenters. The molecule has 0 bridgehead atoms. The second-order valence-electron chi connectivity index (χ2n) is 4.26. The number of nitrogen functional groups attached to an aromatic ring is 1. The van der Waals surface area contributed by atoms with E-state index in [-0.39, 0.29) is 32.4 Å². The van der Waals surface area contributed by atoms with Crippen molar-refractivity contribution in [2.24, 2.45) is 0 Å². The Morgan fingerprint density at radius 3 is 2.48 bits per heavy atom. The Kier molecular flexibility index (Phi) is 4.88. The molecule has 8 heteroatoms. The minimum absolute atomic E-state index is 0.0292. The van der Waals surface area contributed by atoms with Crippen molar-refractivity contribution >= 4 is 43.2 Å². The van der Waals surface area contributed by atoms with Crippen LogP contribution >= 0.6 is 27.5 Å². The lowest BCUT2D eigenvalue weighted by Crippen LogP contribution is -2.23. The number of anilines is 1. The monoisotopic (exact) mass is 392 g/mol. The smallest absolute Gasteiger partial charge is 0.242 e. The molecule has 112 valence electrons. The van der Waals surface area contributed by atoms with E-state index in [1.807, 2.05) is 0 Å². The van der Waals surface area contributed by atoms with Gasteiger partial charge in [0, 0.05) is 17.3 Å². The third kappa shape index (κ3) is 3.94. The molecule has 0 aliphatic carbocycles.